The third kappa shape index (κ3) is 3.96. The number of rotatable bonds is 3. The van der Waals surface area contributed by atoms with Crippen LogP contribution in [0.5, 0.6) is 0 Å². The highest BCUT2D eigenvalue weighted by atomic mass is 79.9. The number of halogens is 3. The molecule has 2 atom stereocenters. The first-order valence-corrected chi connectivity index (χ1v) is 11.1. The van der Waals surface area contributed by atoms with E-state index in [-0.39, 0.29) is 17.5 Å². The third-order valence-corrected chi connectivity index (χ3v) is 6.88. The smallest absolute Gasteiger partial charge is 0.337 e. The standard InChI is InChI=1S/C24H20BrCl2NO2/c1-12-3-4-13(2)16(7-12)17-11-22(14-5-6-20(26)21(27)8-14)28-23-18(17)9-15(25)10-19(23)24(29)30/h3-10,17,22,28H,11H2,1-2H3,(H,29,30). The van der Waals surface area contributed by atoms with Gasteiger partial charge in [0, 0.05) is 10.4 Å². The fraction of sp³-hybridized carbons (Fsp3) is 0.208. The summed E-state index contributed by atoms with van der Waals surface area (Å²) in [5.74, 6) is -0.925. The van der Waals surface area contributed by atoms with Crippen LogP contribution in [0.2, 0.25) is 10.0 Å². The van der Waals surface area contributed by atoms with Gasteiger partial charge in [-0.05, 0) is 66.8 Å². The molecule has 0 bridgehead atoms. The average molecular weight is 505 g/mol. The molecule has 0 fully saturated rings. The SMILES string of the molecule is Cc1ccc(C)c(C2CC(c3ccc(Cl)c(Cl)c3)Nc3c(C(=O)O)cc(Br)cc32)c1. The van der Waals surface area contributed by atoms with Gasteiger partial charge in [0.15, 0.2) is 0 Å². The lowest BCUT2D eigenvalue weighted by Crippen LogP contribution is -2.25. The highest BCUT2D eigenvalue weighted by molar-refractivity contribution is 9.10. The van der Waals surface area contributed by atoms with Gasteiger partial charge in [-0.2, -0.15) is 0 Å². The number of aromatic carboxylic acids is 1. The summed E-state index contributed by atoms with van der Waals surface area (Å²) in [6.45, 7) is 4.17. The van der Waals surface area contributed by atoms with E-state index in [0.717, 1.165) is 22.0 Å². The van der Waals surface area contributed by atoms with Crippen molar-refractivity contribution >= 4 is 50.8 Å². The summed E-state index contributed by atoms with van der Waals surface area (Å²) in [5.41, 5.74) is 6.42. The molecule has 2 N–H and O–H groups in total. The number of benzene rings is 3. The summed E-state index contributed by atoms with van der Waals surface area (Å²) in [6.07, 6.45) is 0.769. The molecule has 0 spiro atoms. The van der Waals surface area contributed by atoms with Gasteiger partial charge in [-0.15, -0.1) is 0 Å². The second-order valence-electron chi connectivity index (χ2n) is 7.74. The van der Waals surface area contributed by atoms with Crippen molar-refractivity contribution in [3.05, 3.63) is 96.4 Å². The zero-order valence-electron chi connectivity index (χ0n) is 16.5. The normalized spacial score (nSPS) is 17.9. The van der Waals surface area contributed by atoms with Gasteiger partial charge >= 0.3 is 5.97 Å². The predicted octanol–water partition coefficient (Wildman–Crippen LogP) is 7.76. The molecule has 0 amide bonds. The van der Waals surface area contributed by atoms with Gasteiger partial charge < -0.3 is 10.4 Å². The first-order chi connectivity index (χ1) is 14.2. The molecule has 1 aliphatic heterocycles. The molecule has 0 aliphatic carbocycles. The Morgan fingerprint density at radius 1 is 1.03 bits per heavy atom. The van der Waals surface area contributed by atoms with Gasteiger partial charge in [-0.25, -0.2) is 4.79 Å². The molecule has 1 heterocycles. The number of hydrogen-bond donors (Lipinski definition) is 2. The summed E-state index contributed by atoms with van der Waals surface area (Å²) in [4.78, 5) is 12.0. The number of carbonyl (C=O) groups is 1. The number of aryl methyl sites for hydroxylation is 2. The van der Waals surface area contributed by atoms with E-state index < -0.39 is 5.97 Å². The molecular weight excluding hydrogens is 485 g/mol. The minimum Gasteiger partial charge on any atom is -0.478 e. The van der Waals surface area contributed by atoms with E-state index in [4.69, 9.17) is 23.2 Å². The molecule has 30 heavy (non-hydrogen) atoms. The van der Waals surface area contributed by atoms with E-state index in [1.807, 2.05) is 18.2 Å². The number of nitrogens with one attached hydrogen (secondary N) is 1. The van der Waals surface area contributed by atoms with E-state index in [2.05, 4.69) is 53.3 Å². The van der Waals surface area contributed by atoms with Crippen molar-refractivity contribution in [2.24, 2.45) is 0 Å². The van der Waals surface area contributed by atoms with Gasteiger partial charge in [0.05, 0.1) is 27.3 Å². The summed E-state index contributed by atoms with van der Waals surface area (Å²) in [5, 5.41) is 14.3. The number of fused-ring (bicyclic) bond motifs is 1. The molecule has 6 heteroatoms. The molecule has 3 nitrogen and oxygen atoms in total. The lowest BCUT2D eigenvalue weighted by atomic mass is 9.77. The molecule has 0 aromatic heterocycles. The molecule has 154 valence electrons. The van der Waals surface area contributed by atoms with Crippen LogP contribution in [0.4, 0.5) is 5.69 Å². The average Bonchev–Trinajstić information content (AvgIpc) is 2.70. The molecule has 0 saturated carbocycles. The molecule has 4 rings (SSSR count). The van der Waals surface area contributed by atoms with E-state index in [0.29, 0.717) is 15.7 Å². The summed E-state index contributed by atoms with van der Waals surface area (Å²) in [7, 11) is 0. The highest BCUT2D eigenvalue weighted by Crippen LogP contribution is 2.47. The lowest BCUT2D eigenvalue weighted by Gasteiger charge is -2.36. The van der Waals surface area contributed by atoms with Crippen molar-refractivity contribution in [3.8, 4) is 0 Å². The van der Waals surface area contributed by atoms with Crippen LogP contribution in [0.25, 0.3) is 0 Å². The predicted molar refractivity (Wildman–Crippen MR) is 126 cm³/mol. The van der Waals surface area contributed by atoms with Crippen LogP contribution in [-0.2, 0) is 0 Å². The van der Waals surface area contributed by atoms with Gasteiger partial charge in [0.2, 0.25) is 0 Å². The van der Waals surface area contributed by atoms with Crippen LogP contribution >= 0.6 is 39.1 Å². The van der Waals surface area contributed by atoms with E-state index in [9.17, 15) is 9.90 Å². The maximum atomic E-state index is 12.0. The zero-order valence-corrected chi connectivity index (χ0v) is 19.6. The Bertz CT molecular complexity index is 1160. The Kier molecular flexibility index (Phi) is 5.84. The van der Waals surface area contributed by atoms with Crippen molar-refractivity contribution < 1.29 is 9.90 Å². The molecular formula is C24H20BrCl2NO2. The lowest BCUT2D eigenvalue weighted by molar-refractivity contribution is 0.0697. The van der Waals surface area contributed by atoms with Crippen LogP contribution in [0.15, 0.2) is 53.0 Å². The topological polar surface area (TPSA) is 49.3 Å². The van der Waals surface area contributed by atoms with Gasteiger partial charge in [0.1, 0.15) is 0 Å². The molecule has 3 aromatic rings. The summed E-state index contributed by atoms with van der Waals surface area (Å²) in [6, 6.07) is 15.6. The Morgan fingerprint density at radius 2 is 1.80 bits per heavy atom. The Hall–Kier alpha value is -2.01. The zero-order chi connectivity index (χ0) is 21.6. The van der Waals surface area contributed by atoms with Crippen LogP contribution in [-0.4, -0.2) is 11.1 Å². The van der Waals surface area contributed by atoms with Crippen LogP contribution in [0.3, 0.4) is 0 Å². The van der Waals surface area contributed by atoms with Crippen LogP contribution in [0, 0.1) is 13.8 Å². The van der Waals surface area contributed by atoms with E-state index >= 15 is 0 Å². The first-order valence-electron chi connectivity index (χ1n) is 9.60. The minimum absolute atomic E-state index is 0.0382. The monoisotopic (exact) mass is 503 g/mol. The molecule has 0 radical (unpaired) electrons. The number of carboxylic acid groups (broad SMARTS) is 1. The molecule has 1 aliphatic rings. The maximum Gasteiger partial charge on any atom is 0.337 e. The van der Waals surface area contributed by atoms with Gasteiger partial charge in [0.25, 0.3) is 0 Å². The summed E-state index contributed by atoms with van der Waals surface area (Å²) < 4.78 is 0.753. The van der Waals surface area contributed by atoms with Gasteiger partial charge in [-0.3, -0.25) is 0 Å². The number of anilines is 1. The van der Waals surface area contributed by atoms with Gasteiger partial charge in [-0.1, -0.05) is 69.0 Å². The van der Waals surface area contributed by atoms with Crippen LogP contribution in [0.1, 0.15) is 56.6 Å². The third-order valence-electron chi connectivity index (χ3n) is 5.69. The molecule has 2 unspecified atom stereocenters. The Balaban J connectivity index is 1.92. The molecule has 0 saturated heterocycles. The maximum absolute atomic E-state index is 12.0. The Morgan fingerprint density at radius 3 is 2.50 bits per heavy atom. The quantitative estimate of drug-likeness (QED) is 0.383. The minimum atomic E-state index is -0.963. The number of carboxylic acids is 1. The molecule has 3 aromatic carbocycles. The second kappa shape index (κ2) is 8.26. The highest BCUT2D eigenvalue weighted by Gasteiger charge is 2.33. The van der Waals surface area contributed by atoms with Crippen molar-refractivity contribution in [3.63, 3.8) is 0 Å². The fourth-order valence-corrected chi connectivity index (χ4v) is 4.99. The van der Waals surface area contributed by atoms with E-state index in [1.165, 1.54) is 16.7 Å². The largest absolute Gasteiger partial charge is 0.478 e. The Labute approximate surface area is 194 Å². The fourth-order valence-electron chi connectivity index (χ4n) is 4.21. The second-order valence-corrected chi connectivity index (χ2v) is 9.47. The van der Waals surface area contributed by atoms with E-state index in [1.54, 1.807) is 12.1 Å². The van der Waals surface area contributed by atoms with Crippen LogP contribution < -0.4 is 5.32 Å². The number of hydrogen-bond acceptors (Lipinski definition) is 2. The van der Waals surface area contributed by atoms with Crippen molar-refractivity contribution in [2.75, 3.05) is 5.32 Å². The van der Waals surface area contributed by atoms with Crippen molar-refractivity contribution in [2.45, 2.75) is 32.2 Å². The van der Waals surface area contributed by atoms with Crippen molar-refractivity contribution in [1.29, 1.82) is 0 Å². The first kappa shape index (κ1) is 21.2. The summed E-state index contributed by atoms with van der Waals surface area (Å²) >= 11 is 15.9. The van der Waals surface area contributed by atoms with Crippen molar-refractivity contribution in [1.82, 2.24) is 0 Å².